The molecule has 1 heterocycles. The molecule has 0 aliphatic heterocycles. The highest BCUT2D eigenvalue weighted by Gasteiger charge is 2.15. The van der Waals surface area contributed by atoms with Crippen molar-refractivity contribution in [3.63, 3.8) is 0 Å². The second-order valence-corrected chi connectivity index (χ2v) is 6.60. The van der Waals surface area contributed by atoms with Gasteiger partial charge in [-0.15, -0.1) is 0 Å². The van der Waals surface area contributed by atoms with E-state index in [1.807, 2.05) is 12.1 Å². The zero-order chi connectivity index (χ0) is 18.4. The van der Waals surface area contributed by atoms with Gasteiger partial charge < -0.3 is 14.0 Å². The van der Waals surface area contributed by atoms with E-state index in [2.05, 4.69) is 71.3 Å². The summed E-state index contributed by atoms with van der Waals surface area (Å²) in [6.07, 6.45) is 0. The normalized spacial score (nSPS) is 11.3. The molecule has 0 radical (unpaired) electrons. The van der Waals surface area contributed by atoms with Gasteiger partial charge in [0.2, 0.25) is 0 Å². The lowest BCUT2D eigenvalue weighted by molar-refractivity contribution is 0.415. The maximum atomic E-state index is 5.50. The summed E-state index contributed by atoms with van der Waals surface area (Å²) in [5.41, 5.74) is 3.39. The molecule has 0 unspecified atom stereocenters. The fourth-order valence-corrected chi connectivity index (χ4v) is 3.89. The zero-order valence-electron chi connectivity index (χ0n) is 15.3. The molecule has 5 aromatic rings. The van der Waals surface area contributed by atoms with Gasteiger partial charge >= 0.3 is 0 Å². The molecule has 0 N–H and O–H groups in total. The summed E-state index contributed by atoms with van der Waals surface area (Å²) in [5, 5.41) is 4.82. The standard InChI is InChI=1S/C24H19NO2/c1-26-17-10-12-20-21-13-11-18(27-2)15-24(21)25(23(20)14-17)22-9-5-7-16-6-3-4-8-19(16)22/h3-15H,1-2H3. The Hall–Kier alpha value is -3.46. The minimum Gasteiger partial charge on any atom is -0.497 e. The molecule has 27 heavy (non-hydrogen) atoms. The molecule has 4 aromatic carbocycles. The Bertz CT molecular complexity index is 1230. The molecule has 1 aromatic heterocycles. The molecule has 0 saturated heterocycles. The van der Waals surface area contributed by atoms with Crippen LogP contribution in [0.5, 0.6) is 11.5 Å². The van der Waals surface area contributed by atoms with Gasteiger partial charge in [0, 0.05) is 28.3 Å². The van der Waals surface area contributed by atoms with Crippen LogP contribution in [0.15, 0.2) is 78.9 Å². The van der Waals surface area contributed by atoms with E-state index in [1.54, 1.807) is 14.2 Å². The Morgan fingerprint density at radius 2 is 1.19 bits per heavy atom. The predicted molar refractivity (Wildman–Crippen MR) is 111 cm³/mol. The minimum absolute atomic E-state index is 0.846. The molecule has 132 valence electrons. The van der Waals surface area contributed by atoms with Crippen LogP contribution >= 0.6 is 0 Å². The fourth-order valence-electron chi connectivity index (χ4n) is 3.89. The number of aromatic nitrogens is 1. The average Bonchev–Trinajstić information content (AvgIpc) is 3.05. The summed E-state index contributed by atoms with van der Waals surface area (Å²) in [4.78, 5) is 0. The third kappa shape index (κ3) is 2.36. The maximum Gasteiger partial charge on any atom is 0.120 e. The van der Waals surface area contributed by atoms with E-state index in [1.165, 1.54) is 21.5 Å². The topological polar surface area (TPSA) is 23.4 Å². The van der Waals surface area contributed by atoms with Crippen LogP contribution < -0.4 is 9.47 Å². The molecule has 0 aliphatic rings. The van der Waals surface area contributed by atoms with Crippen LogP contribution in [0.1, 0.15) is 0 Å². The largest absolute Gasteiger partial charge is 0.497 e. The summed E-state index contributed by atoms with van der Waals surface area (Å²) < 4.78 is 13.3. The van der Waals surface area contributed by atoms with Gasteiger partial charge in [0.05, 0.1) is 30.9 Å². The Morgan fingerprint density at radius 3 is 1.81 bits per heavy atom. The van der Waals surface area contributed by atoms with E-state index in [9.17, 15) is 0 Å². The average molecular weight is 353 g/mol. The monoisotopic (exact) mass is 353 g/mol. The molecule has 5 rings (SSSR count). The van der Waals surface area contributed by atoms with Crippen molar-refractivity contribution in [1.29, 1.82) is 0 Å². The molecule has 0 saturated carbocycles. The summed E-state index contributed by atoms with van der Waals surface area (Å²) in [5.74, 6) is 1.69. The van der Waals surface area contributed by atoms with E-state index in [0.29, 0.717) is 0 Å². The lowest BCUT2D eigenvalue weighted by Gasteiger charge is -2.12. The van der Waals surface area contributed by atoms with Gasteiger partial charge in [0.1, 0.15) is 11.5 Å². The van der Waals surface area contributed by atoms with E-state index in [0.717, 1.165) is 28.2 Å². The van der Waals surface area contributed by atoms with Crippen LogP contribution in [0.3, 0.4) is 0 Å². The SMILES string of the molecule is COc1ccc2c3ccc(OC)cc3n(-c3cccc4ccccc34)c2c1. The zero-order valence-corrected chi connectivity index (χ0v) is 15.3. The first-order valence-corrected chi connectivity index (χ1v) is 8.94. The molecule has 0 amide bonds. The quantitative estimate of drug-likeness (QED) is 0.400. The van der Waals surface area contributed by atoms with Crippen molar-refractivity contribution in [2.24, 2.45) is 0 Å². The predicted octanol–water partition coefficient (Wildman–Crippen LogP) is 5.95. The first-order valence-electron chi connectivity index (χ1n) is 8.94. The van der Waals surface area contributed by atoms with Crippen molar-refractivity contribution in [2.45, 2.75) is 0 Å². The number of ether oxygens (including phenoxy) is 2. The Labute approximate surface area is 157 Å². The second kappa shape index (κ2) is 6.06. The van der Waals surface area contributed by atoms with Crippen LogP contribution in [0.4, 0.5) is 0 Å². The Kier molecular flexibility index (Phi) is 3.54. The van der Waals surface area contributed by atoms with Gasteiger partial charge in [-0.1, -0.05) is 36.4 Å². The molecule has 0 fully saturated rings. The Morgan fingerprint density at radius 1 is 0.593 bits per heavy atom. The van der Waals surface area contributed by atoms with E-state index < -0.39 is 0 Å². The van der Waals surface area contributed by atoms with Crippen LogP contribution in [-0.4, -0.2) is 18.8 Å². The number of benzene rings is 4. The van der Waals surface area contributed by atoms with Crippen LogP contribution in [0.2, 0.25) is 0 Å². The number of fused-ring (bicyclic) bond motifs is 4. The summed E-state index contributed by atoms with van der Waals surface area (Å²) >= 11 is 0. The number of rotatable bonds is 3. The molecule has 0 spiro atoms. The minimum atomic E-state index is 0.846. The number of nitrogens with zero attached hydrogens (tertiary/aromatic N) is 1. The first-order chi connectivity index (χ1) is 13.3. The van der Waals surface area contributed by atoms with E-state index in [-0.39, 0.29) is 0 Å². The first kappa shape index (κ1) is 15.8. The van der Waals surface area contributed by atoms with Gasteiger partial charge in [-0.3, -0.25) is 0 Å². The van der Waals surface area contributed by atoms with Gasteiger partial charge in [-0.2, -0.15) is 0 Å². The van der Waals surface area contributed by atoms with Crippen LogP contribution in [0.25, 0.3) is 38.3 Å². The summed E-state index contributed by atoms with van der Waals surface area (Å²) in [6, 6.07) is 27.4. The lowest BCUT2D eigenvalue weighted by atomic mass is 10.1. The van der Waals surface area contributed by atoms with Gasteiger partial charge in [-0.25, -0.2) is 0 Å². The number of methoxy groups -OCH3 is 2. The van der Waals surface area contributed by atoms with Crippen molar-refractivity contribution in [1.82, 2.24) is 4.57 Å². The molecular formula is C24H19NO2. The molecule has 3 heteroatoms. The highest BCUT2D eigenvalue weighted by molar-refractivity contribution is 6.11. The molecule has 0 bridgehead atoms. The Balaban J connectivity index is 1.98. The lowest BCUT2D eigenvalue weighted by Crippen LogP contribution is -1.96. The van der Waals surface area contributed by atoms with Crippen molar-refractivity contribution < 1.29 is 9.47 Å². The van der Waals surface area contributed by atoms with E-state index >= 15 is 0 Å². The van der Waals surface area contributed by atoms with Crippen LogP contribution in [-0.2, 0) is 0 Å². The number of hydrogen-bond donors (Lipinski definition) is 0. The highest BCUT2D eigenvalue weighted by atomic mass is 16.5. The maximum absolute atomic E-state index is 5.50. The van der Waals surface area contributed by atoms with Gasteiger partial charge in [0.15, 0.2) is 0 Å². The van der Waals surface area contributed by atoms with E-state index in [4.69, 9.17) is 9.47 Å². The van der Waals surface area contributed by atoms with Crippen molar-refractivity contribution in [3.05, 3.63) is 78.9 Å². The second-order valence-electron chi connectivity index (χ2n) is 6.60. The molecular weight excluding hydrogens is 334 g/mol. The molecule has 0 aliphatic carbocycles. The smallest absolute Gasteiger partial charge is 0.120 e. The van der Waals surface area contributed by atoms with Crippen LogP contribution in [0, 0.1) is 0 Å². The summed E-state index contributed by atoms with van der Waals surface area (Å²) in [7, 11) is 3.41. The third-order valence-electron chi connectivity index (χ3n) is 5.19. The number of hydrogen-bond acceptors (Lipinski definition) is 2. The van der Waals surface area contributed by atoms with Gasteiger partial charge in [-0.05, 0) is 35.7 Å². The van der Waals surface area contributed by atoms with Crippen molar-refractivity contribution in [2.75, 3.05) is 14.2 Å². The molecule has 0 atom stereocenters. The molecule has 3 nitrogen and oxygen atoms in total. The third-order valence-corrected chi connectivity index (χ3v) is 5.19. The van der Waals surface area contributed by atoms with Crippen molar-refractivity contribution >= 4 is 32.6 Å². The highest BCUT2D eigenvalue weighted by Crippen LogP contribution is 2.37. The van der Waals surface area contributed by atoms with Crippen molar-refractivity contribution in [3.8, 4) is 17.2 Å². The van der Waals surface area contributed by atoms with Gasteiger partial charge in [0.25, 0.3) is 0 Å². The fraction of sp³-hybridized carbons (Fsp3) is 0.0833. The summed E-state index contributed by atoms with van der Waals surface area (Å²) in [6.45, 7) is 0.